The Balaban J connectivity index is 0.894. The third-order valence-electron chi connectivity index (χ3n) is 10.4. The molecule has 0 radical (unpaired) electrons. The number of furan rings is 1. The Hall–Kier alpha value is -6.04. The molecular weight excluding hydrogens is 697 g/mol. The highest BCUT2D eigenvalue weighted by atomic mass is 16.3. The summed E-state index contributed by atoms with van der Waals surface area (Å²) in [5.74, 6) is 0.114. The summed E-state index contributed by atoms with van der Waals surface area (Å²) in [5.41, 5.74) is 3.96. The van der Waals surface area contributed by atoms with Gasteiger partial charge >= 0.3 is 0 Å². The first-order valence-electron chi connectivity index (χ1n) is 18.7. The zero-order valence-electron chi connectivity index (χ0n) is 30.3. The van der Waals surface area contributed by atoms with Crippen LogP contribution >= 0.6 is 0 Å². The van der Waals surface area contributed by atoms with Gasteiger partial charge in [-0.3, -0.25) is 19.2 Å². The van der Waals surface area contributed by atoms with E-state index in [1.807, 2.05) is 48.5 Å². The Labute approximate surface area is 319 Å². The Bertz CT molecular complexity index is 1950. The van der Waals surface area contributed by atoms with Crippen LogP contribution in [0, 0.1) is 0 Å². The lowest BCUT2D eigenvalue weighted by molar-refractivity contribution is -0.142. The van der Waals surface area contributed by atoms with Gasteiger partial charge in [0.05, 0.1) is 0 Å². The molecule has 2 fully saturated rings. The van der Waals surface area contributed by atoms with E-state index in [-0.39, 0.29) is 48.6 Å². The number of amides is 4. The van der Waals surface area contributed by atoms with Crippen molar-refractivity contribution in [2.45, 2.75) is 62.8 Å². The maximum absolute atomic E-state index is 13.0. The molecule has 2 aliphatic rings. The Morgan fingerprint density at radius 3 is 1.33 bits per heavy atom. The topological polar surface area (TPSA) is 152 Å². The zero-order chi connectivity index (χ0) is 38.3. The lowest BCUT2D eigenvalue weighted by atomic mass is 10.1. The van der Waals surface area contributed by atoms with Crippen molar-refractivity contribution in [1.82, 2.24) is 9.80 Å². The number of likely N-dealkylation sites (tertiary alicyclic amines) is 2. The summed E-state index contributed by atoms with van der Waals surface area (Å²) in [5, 5.41) is 27.1. The average Bonchev–Trinajstić information content (AvgIpc) is 4.00. The first-order chi connectivity index (χ1) is 26.7. The molecule has 4 amide bonds. The highest BCUT2D eigenvalue weighted by Gasteiger charge is 2.35. The number of aliphatic hydroxyl groups is 2. The van der Waals surface area contributed by atoms with Crippen LogP contribution in [0.3, 0.4) is 0 Å². The summed E-state index contributed by atoms with van der Waals surface area (Å²) in [6, 6.07) is 35.5. The molecule has 0 bridgehead atoms. The molecule has 3 heterocycles. The third-order valence-corrected chi connectivity index (χ3v) is 10.4. The van der Waals surface area contributed by atoms with E-state index < -0.39 is 12.2 Å². The van der Waals surface area contributed by atoms with E-state index in [1.54, 1.807) is 82.6 Å². The van der Waals surface area contributed by atoms with Crippen molar-refractivity contribution < 1.29 is 33.8 Å². The number of carbonyl (C=O) groups excluding carboxylic acids is 4. The van der Waals surface area contributed by atoms with Gasteiger partial charge in [0.1, 0.15) is 11.5 Å². The number of benzene rings is 4. The van der Waals surface area contributed by atoms with Crippen LogP contribution in [-0.4, -0.2) is 68.8 Å². The highest BCUT2D eigenvalue weighted by molar-refractivity contribution is 5.93. The van der Waals surface area contributed by atoms with E-state index in [2.05, 4.69) is 10.6 Å². The standard InChI is InChI=1S/C44H44N4O7/c49-39(27-35-13-7-25-47(35)43(53)41(51)31-9-3-1-4-10-31)45-33-19-15-29(16-20-33)37-23-24-38(55-37)30-17-21-34(22-18-30)46-40(50)28-36-14-8-26-48(36)44(54)42(52)32-11-5-2-6-12-32/h1-6,9-12,15-24,35-36,41-42,51-52H,7-8,13-14,25-28H2,(H,45,49)(H,46,50)/t35-,36-,41+,42+/m0/s1. The SMILES string of the molecule is O=C(C[C@@H]1CCCN1C(=O)[C@H](O)c1ccccc1)Nc1ccc(-c2ccc(-c3ccc(NC(=O)C[C@@H]4CCCN4C(=O)[C@H](O)c4ccccc4)cc3)o2)cc1. The van der Waals surface area contributed by atoms with E-state index in [1.165, 1.54) is 0 Å². The Kier molecular flexibility index (Phi) is 11.5. The summed E-state index contributed by atoms with van der Waals surface area (Å²) < 4.78 is 6.16. The van der Waals surface area contributed by atoms with E-state index in [0.29, 0.717) is 60.0 Å². The minimum Gasteiger partial charge on any atom is -0.456 e. The van der Waals surface area contributed by atoms with Crippen LogP contribution in [-0.2, 0) is 19.2 Å². The van der Waals surface area contributed by atoms with Crippen molar-refractivity contribution >= 4 is 35.0 Å². The van der Waals surface area contributed by atoms with E-state index in [9.17, 15) is 29.4 Å². The number of nitrogens with one attached hydrogen (secondary N) is 2. The summed E-state index contributed by atoms with van der Waals surface area (Å²) in [7, 11) is 0. The number of hydrogen-bond acceptors (Lipinski definition) is 7. The molecule has 11 heteroatoms. The predicted molar refractivity (Wildman–Crippen MR) is 208 cm³/mol. The lowest BCUT2D eigenvalue weighted by Crippen LogP contribution is -2.40. The van der Waals surface area contributed by atoms with Gasteiger partial charge in [-0.2, -0.15) is 0 Å². The molecular formula is C44H44N4O7. The maximum atomic E-state index is 13.0. The smallest absolute Gasteiger partial charge is 0.256 e. The van der Waals surface area contributed by atoms with Crippen molar-refractivity contribution in [3.8, 4) is 22.6 Å². The van der Waals surface area contributed by atoms with Gasteiger partial charge in [-0.1, -0.05) is 60.7 Å². The van der Waals surface area contributed by atoms with Crippen molar-refractivity contribution in [3.63, 3.8) is 0 Å². The second-order valence-electron chi connectivity index (χ2n) is 14.1. The molecule has 0 spiro atoms. The fourth-order valence-corrected chi connectivity index (χ4v) is 7.48. The highest BCUT2D eigenvalue weighted by Crippen LogP contribution is 2.31. The van der Waals surface area contributed by atoms with E-state index >= 15 is 0 Å². The number of hydrogen-bond donors (Lipinski definition) is 4. The van der Waals surface area contributed by atoms with Crippen molar-refractivity contribution in [3.05, 3.63) is 132 Å². The fourth-order valence-electron chi connectivity index (χ4n) is 7.48. The van der Waals surface area contributed by atoms with Crippen LogP contribution in [0.4, 0.5) is 11.4 Å². The Morgan fingerprint density at radius 2 is 0.945 bits per heavy atom. The molecule has 4 aromatic carbocycles. The van der Waals surface area contributed by atoms with Gasteiger partial charge in [0, 0.05) is 60.5 Å². The van der Waals surface area contributed by atoms with Gasteiger partial charge in [-0.05, 0) is 97.5 Å². The van der Waals surface area contributed by atoms with Gasteiger partial charge in [0.2, 0.25) is 11.8 Å². The second kappa shape index (κ2) is 17.0. The fraction of sp³-hybridized carbons (Fsp3) is 0.273. The first-order valence-corrected chi connectivity index (χ1v) is 18.7. The molecule has 5 aromatic rings. The molecule has 2 aliphatic heterocycles. The summed E-state index contributed by atoms with van der Waals surface area (Å²) in [6.45, 7) is 1.02. The average molecular weight is 741 g/mol. The van der Waals surface area contributed by atoms with Crippen molar-refractivity contribution in [1.29, 1.82) is 0 Å². The van der Waals surface area contributed by atoms with Gasteiger partial charge in [0.15, 0.2) is 12.2 Å². The lowest BCUT2D eigenvalue weighted by Gasteiger charge is -2.26. The van der Waals surface area contributed by atoms with Crippen LogP contribution < -0.4 is 10.6 Å². The first kappa shape index (κ1) is 37.3. The molecule has 4 atom stereocenters. The predicted octanol–water partition coefficient (Wildman–Crippen LogP) is 6.72. The van der Waals surface area contributed by atoms with Crippen LogP contribution in [0.2, 0.25) is 0 Å². The minimum absolute atomic E-state index is 0.138. The molecule has 2 saturated heterocycles. The molecule has 4 N–H and O–H groups in total. The Morgan fingerprint density at radius 1 is 0.564 bits per heavy atom. The van der Waals surface area contributed by atoms with Gasteiger partial charge in [-0.25, -0.2) is 0 Å². The van der Waals surface area contributed by atoms with Crippen molar-refractivity contribution in [2.75, 3.05) is 23.7 Å². The van der Waals surface area contributed by atoms with Gasteiger partial charge < -0.3 is 35.1 Å². The number of nitrogens with zero attached hydrogens (tertiary/aromatic N) is 2. The molecule has 0 saturated carbocycles. The number of anilines is 2. The van der Waals surface area contributed by atoms with Crippen LogP contribution in [0.5, 0.6) is 0 Å². The molecule has 7 rings (SSSR count). The summed E-state index contributed by atoms with van der Waals surface area (Å²) >= 11 is 0. The van der Waals surface area contributed by atoms with Crippen LogP contribution in [0.25, 0.3) is 22.6 Å². The second-order valence-corrected chi connectivity index (χ2v) is 14.1. The van der Waals surface area contributed by atoms with E-state index in [0.717, 1.165) is 24.0 Å². The molecule has 282 valence electrons. The quantitative estimate of drug-likeness (QED) is 0.111. The third kappa shape index (κ3) is 8.86. The molecule has 0 aliphatic carbocycles. The number of rotatable bonds is 12. The molecule has 1 aromatic heterocycles. The summed E-state index contributed by atoms with van der Waals surface area (Å²) in [4.78, 5) is 55.3. The number of carbonyl (C=O) groups is 4. The maximum Gasteiger partial charge on any atom is 0.256 e. The normalized spacial score (nSPS) is 17.8. The van der Waals surface area contributed by atoms with Crippen LogP contribution in [0.15, 0.2) is 126 Å². The van der Waals surface area contributed by atoms with Gasteiger partial charge in [0.25, 0.3) is 11.8 Å². The van der Waals surface area contributed by atoms with Gasteiger partial charge in [-0.15, -0.1) is 0 Å². The molecule has 0 unspecified atom stereocenters. The monoisotopic (exact) mass is 740 g/mol. The largest absolute Gasteiger partial charge is 0.456 e. The van der Waals surface area contributed by atoms with Crippen LogP contribution in [0.1, 0.15) is 61.9 Å². The zero-order valence-corrected chi connectivity index (χ0v) is 30.3. The number of aliphatic hydroxyl groups excluding tert-OH is 2. The molecule has 55 heavy (non-hydrogen) atoms. The summed E-state index contributed by atoms with van der Waals surface area (Å²) in [6.07, 6.45) is 0.711. The molecule has 11 nitrogen and oxygen atoms in total. The van der Waals surface area contributed by atoms with E-state index in [4.69, 9.17) is 4.42 Å². The minimum atomic E-state index is -1.26. The van der Waals surface area contributed by atoms with Crippen molar-refractivity contribution in [2.24, 2.45) is 0 Å².